The Morgan fingerprint density at radius 2 is 1.30 bits per heavy atom. The Morgan fingerprint density at radius 1 is 0.900 bits per heavy atom. The Labute approximate surface area is 58.4 Å². The molecule has 3 fully saturated rings. The zero-order chi connectivity index (χ0) is 7.14. The summed E-state index contributed by atoms with van der Waals surface area (Å²) in [7, 11) is 0. The summed E-state index contributed by atoms with van der Waals surface area (Å²) in [5.74, 6) is 0. The van der Waals surface area contributed by atoms with Crippen LogP contribution in [-0.2, 0) is 9.47 Å². The second-order valence-electron chi connectivity index (χ2n) is 2.71. The summed E-state index contributed by atoms with van der Waals surface area (Å²) in [6, 6.07) is 0. The maximum Gasteiger partial charge on any atom is 0.181 e. The van der Waals surface area contributed by atoms with Gasteiger partial charge in [-0.15, -0.1) is 0 Å². The van der Waals surface area contributed by atoms with E-state index >= 15 is 0 Å². The summed E-state index contributed by atoms with van der Waals surface area (Å²) in [6.07, 6.45) is -0.740. The van der Waals surface area contributed by atoms with Gasteiger partial charge in [0.1, 0.15) is 12.2 Å². The predicted molar refractivity (Wildman–Crippen MR) is 31.0 cm³/mol. The van der Waals surface area contributed by atoms with Crippen molar-refractivity contribution in [2.24, 2.45) is 0 Å². The number of ether oxygens (including phenoxy) is 2. The lowest BCUT2D eigenvalue weighted by Gasteiger charge is -2.42. The molecule has 4 unspecified atom stereocenters. The maximum atomic E-state index is 9.06. The number of rotatable bonds is 0. The van der Waals surface area contributed by atoms with Crippen LogP contribution in [0.2, 0.25) is 0 Å². The lowest BCUT2D eigenvalue weighted by atomic mass is 10.0. The molecule has 0 aliphatic carbocycles. The topological polar surface area (TPSA) is 58.9 Å². The third-order valence-corrected chi connectivity index (χ3v) is 2.00. The van der Waals surface area contributed by atoms with Crippen LogP contribution in [-0.4, -0.2) is 35.0 Å². The molecule has 0 radical (unpaired) electrons. The van der Waals surface area contributed by atoms with Gasteiger partial charge >= 0.3 is 0 Å². The zero-order valence-corrected chi connectivity index (χ0v) is 5.43. The van der Waals surface area contributed by atoms with Gasteiger partial charge in [0.15, 0.2) is 12.6 Å². The average molecular weight is 146 g/mol. The van der Waals surface area contributed by atoms with Gasteiger partial charge in [0.25, 0.3) is 0 Å². The van der Waals surface area contributed by atoms with Crippen LogP contribution >= 0.6 is 0 Å². The summed E-state index contributed by atoms with van der Waals surface area (Å²) in [5, 5.41) is 18.1. The first-order chi connectivity index (χ1) is 4.77. The zero-order valence-electron chi connectivity index (χ0n) is 5.43. The van der Waals surface area contributed by atoms with Crippen LogP contribution < -0.4 is 0 Å². The van der Waals surface area contributed by atoms with Gasteiger partial charge in [-0.1, -0.05) is 0 Å². The molecule has 4 atom stereocenters. The van der Waals surface area contributed by atoms with E-state index in [1.807, 2.05) is 0 Å². The minimum atomic E-state index is -0.831. The van der Waals surface area contributed by atoms with Gasteiger partial charge < -0.3 is 19.7 Å². The fourth-order valence-electron chi connectivity index (χ4n) is 1.42. The van der Waals surface area contributed by atoms with E-state index in [-0.39, 0.29) is 12.2 Å². The van der Waals surface area contributed by atoms with Crippen LogP contribution in [0.1, 0.15) is 12.8 Å². The summed E-state index contributed by atoms with van der Waals surface area (Å²) < 4.78 is 9.96. The molecule has 4 heteroatoms. The van der Waals surface area contributed by atoms with Crippen molar-refractivity contribution in [1.29, 1.82) is 0 Å². The standard InChI is InChI=1S/C6H10O4/c7-5-3-1-2-4(10-5)6(8)9-3/h3-8H,1-2H2. The summed E-state index contributed by atoms with van der Waals surface area (Å²) in [4.78, 5) is 0. The number of aliphatic hydroxyl groups excluding tert-OH is 2. The van der Waals surface area contributed by atoms with Crippen molar-refractivity contribution in [2.75, 3.05) is 0 Å². The second-order valence-corrected chi connectivity index (χ2v) is 2.71. The summed E-state index contributed by atoms with van der Waals surface area (Å²) in [5.41, 5.74) is 0. The molecule has 0 saturated carbocycles. The number of fused-ring (bicyclic) bond motifs is 3. The van der Waals surface area contributed by atoms with Crippen molar-refractivity contribution in [2.45, 2.75) is 37.6 Å². The SMILES string of the molecule is OC1OC2CCC1OC2O. The van der Waals surface area contributed by atoms with Gasteiger partial charge in [0.2, 0.25) is 0 Å². The van der Waals surface area contributed by atoms with Gasteiger partial charge in [0.05, 0.1) is 0 Å². The van der Waals surface area contributed by atoms with Gasteiger partial charge in [-0.3, -0.25) is 0 Å². The molecule has 0 amide bonds. The third-order valence-electron chi connectivity index (χ3n) is 2.00. The summed E-state index contributed by atoms with van der Waals surface area (Å²) >= 11 is 0. The first kappa shape index (κ1) is 6.54. The van der Waals surface area contributed by atoms with E-state index in [1.165, 1.54) is 0 Å². The first-order valence-corrected chi connectivity index (χ1v) is 3.44. The van der Waals surface area contributed by atoms with Crippen LogP contribution in [0.5, 0.6) is 0 Å². The number of aliphatic hydroxyl groups is 2. The summed E-state index contributed by atoms with van der Waals surface area (Å²) in [6.45, 7) is 0. The molecule has 10 heavy (non-hydrogen) atoms. The molecule has 0 aromatic heterocycles. The normalized spacial score (nSPS) is 53.4. The van der Waals surface area contributed by atoms with Crippen molar-refractivity contribution < 1.29 is 19.7 Å². The molecule has 0 aromatic rings. The Morgan fingerprint density at radius 3 is 1.50 bits per heavy atom. The predicted octanol–water partition coefficient (Wildman–Crippen LogP) is -0.799. The minimum absolute atomic E-state index is 0.319. The molecule has 0 spiro atoms. The molecule has 3 heterocycles. The molecule has 4 nitrogen and oxygen atoms in total. The van der Waals surface area contributed by atoms with Crippen LogP contribution in [0.3, 0.4) is 0 Å². The molecule has 0 aromatic carbocycles. The quantitative estimate of drug-likeness (QED) is 0.469. The fraction of sp³-hybridized carbons (Fsp3) is 1.00. The molecule has 2 N–H and O–H groups in total. The van der Waals surface area contributed by atoms with E-state index in [2.05, 4.69) is 0 Å². The molecule has 2 bridgehead atoms. The van der Waals surface area contributed by atoms with Crippen molar-refractivity contribution in [1.82, 2.24) is 0 Å². The van der Waals surface area contributed by atoms with E-state index in [1.54, 1.807) is 0 Å². The lowest BCUT2D eigenvalue weighted by molar-refractivity contribution is -0.355. The molecular weight excluding hydrogens is 136 g/mol. The van der Waals surface area contributed by atoms with E-state index in [9.17, 15) is 0 Å². The van der Waals surface area contributed by atoms with Gasteiger partial charge in [0, 0.05) is 0 Å². The maximum absolute atomic E-state index is 9.06. The fourth-order valence-corrected chi connectivity index (χ4v) is 1.42. The van der Waals surface area contributed by atoms with Crippen LogP contribution in [0, 0.1) is 0 Å². The molecule has 3 saturated heterocycles. The van der Waals surface area contributed by atoms with Crippen molar-refractivity contribution in [3.63, 3.8) is 0 Å². The Balaban J connectivity index is 2.09. The van der Waals surface area contributed by atoms with E-state index in [0.29, 0.717) is 0 Å². The minimum Gasteiger partial charge on any atom is -0.366 e. The van der Waals surface area contributed by atoms with E-state index in [4.69, 9.17) is 19.7 Å². The average Bonchev–Trinajstić information content (AvgIpc) is 1.91. The van der Waals surface area contributed by atoms with Gasteiger partial charge in [-0.2, -0.15) is 0 Å². The van der Waals surface area contributed by atoms with Crippen LogP contribution in [0.4, 0.5) is 0 Å². The highest BCUT2D eigenvalue weighted by Gasteiger charge is 2.42. The Kier molecular flexibility index (Phi) is 1.42. The first-order valence-electron chi connectivity index (χ1n) is 3.44. The third kappa shape index (κ3) is 0.845. The highest BCUT2D eigenvalue weighted by Crippen LogP contribution is 2.30. The molecule has 3 aliphatic heterocycles. The molecule has 3 aliphatic rings. The molecule has 58 valence electrons. The van der Waals surface area contributed by atoms with Gasteiger partial charge in [-0.05, 0) is 12.8 Å². The van der Waals surface area contributed by atoms with E-state index < -0.39 is 12.6 Å². The Bertz CT molecular complexity index is 122. The molecule has 3 rings (SSSR count). The Hall–Kier alpha value is -0.160. The van der Waals surface area contributed by atoms with Crippen LogP contribution in [0.15, 0.2) is 0 Å². The van der Waals surface area contributed by atoms with E-state index in [0.717, 1.165) is 12.8 Å². The molecular formula is C6H10O4. The monoisotopic (exact) mass is 146 g/mol. The van der Waals surface area contributed by atoms with Crippen molar-refractivity contribution in [3.8, 4) is 0 Å². The smallest absolute Gasteiger partial charge is 0.181 e. The van der Waals surface area contributed by atoms with Crippen molar-refractivity contribution in [3.05, 3.63) is 0 Å². The number of hydrogen-bond acceptors (Lipinski definition) is 4. The number of hydrogen-bond donors (Lipinski definition) is 2. The van der Waals surface area contributed by atoms with Crippen LogP contribution in [0.25, 0.3) is 0 Å². The van der Waals surface area contributed by atoms with Gasteiger partial charge in [-0.25, -0.2) is 0 Å². The highest BCUT2D eigenvalue weighted by atomic mass is 16.7. The highest BCUT2D eigenvalue weighted by molar-refractivity contribution is 4.81. The second kappa shape index (κ2) is 2.17. The lowest BCUT2D eigenvalue weighted by Crippen LogP contribution is -2.54. The van der Waals surface area contributed by atoms with Crippen molar-refractivity contribution >= 4 is 0 Å². The largest absolute Gasteiger partial charge is 0.366 e.